The van der Waals surface area contributed by atoms with Crippen LogP contribution in [0.15, 0.2) is 0 Å². The number of nitrogens with two attached hydrogens (primary N) is 1. The molecular weight excluding hydrogens is 214 g/mol. The lowest BCUT2D eigenvalue weighted by Crippen LogP contribution is -2.65. The highest BCUT2D eigenvalue weighted by Gasteiger charge is 2.35. The third kappa shape index (κ3) is 3.19. The minimum absolute atomic E-state index is 0.0408. The summed E-state index contributed by atoms with van der Waals surface area (Å²) < 4.78 is 5.46. The Bertz CT molecular complexity index is 249. The van der Waals surface area contributed by atoms with Crippen molar-refractivity contribution in [2.75, 3.05) is 39.8 Å². The average Bonchev–Trinajstić information content (AvgIpc) is 2.37. The summed E-state index contributed by atoms with van der Waals surface area (Å²) >= 11 is 0. The van der Waals surface area contributed by atoms with Gasteiger partial charge >= 0.3 is 0 Å². The quantitative estimate of drug-likeness (QED) is 0.762. The third-order valence-electron chi connectivity index (χ3n) is 4.45. The van der Waals surface area contributed by atoms with Crippen LogP contribution in [-0.2, 0) is 4.74 Å². The Balaban J connectivity index is 1.82. The summed E-state index contributed by atoms with van der Waals surface area (Å²) in [6.45, 7) is 10.3. The van der Waals surface area contributed by atoms with Gasteiger partial charge in [0.25, 0.3) is 0 Å². The first-order valence-electron chi connectivity index (χ1n) is 6.79. The lowest BCUT2D eigenvalue weighted by Gasteiger charge is -2.49. The number of nitrogens with zero attached hydrogens (tertiary/aromatic N) is 2. The van der Waals surface area contributed by atoms with Crippen molar-refractivity contribution in [2.24, 2.45) is 5.73 Å². The maximum absolute atomic E-state index is 6.37. The van der Waals surface area contributed by atoms with Gasteiger partial charge in [-0.1, -0.05) is 0 Å². The molecule has 3 rings (SSSR count). The van der Waals surface area contributed by atoms with Crippen molar-refractivity contribution in [3.63, 3.8) is 0 Å². The summed E-state index contributed by atoms with van der Waals surface area (Å²) in [6.07, 6.45) is 2.09. The fourth-order valence-corrected chi connectivity index (χ4v) is 2.87. The molecule has 2 bridgehead atoms. The molecule has 3 heterocycles. The minimum atomic E-state index is -0.0408. The van der Waals surface area contributed by atoms with E-state index in [1.165, 1.54) is 26.2 Å². The van der Waals surface area contributed by atoms with Crippen LogP contribution in [0.25, 0.3) is 0 Å². The molecule has 0 saturated carbocycles. The van der Waals surface area contributed by atoms with Crippen LogP contribution in [0.1, 0.15) is 26.7 Å². The van der Waals surface area contributed by atoms with E-state index in [4.69, 9.17) is 10.5 Å². The van der Waals surface area contributed by atoms with Crippen molar-refractivity contribution in [2.45, 2.75) is 44.4 Å². The van der Waals surface area contributed by atoms with Crippen LogP contribution < -0.4 is 5.73 Å². The van der Waals surface area contributed by atoms with Crippen molar-refractivity contribution in [3.05, 3.63) is 0 Å². The molecule has 2 atom stereocenters. The van der Waals surface area contributed by atoms with E-state index in [9.17, 15) is 0 Å². The van der Waals surface area contributed by atoms with Gasteiger partial charge in [-0.3, -0.25) is 9.80 Å². The molecule has 2 unspecified atom stereocenters. The maximum atomic E-state index is 6.37. The molecule has 0 amide bonds. The van der Waals surface area contributed by atoms with Gasteiger partial charge in [0.1, 0.15) is 0 Å². The summed E-state index contributed by atoms with van der Waals surface area (Å²) in [6, 6.07) is 0.845. The molecule has 4 nitrogen and oxygen atoms in total. The summed E-state index contributed by atoms with van der Waals surface area (Å²) in [4.78, 5) is 5.12. The van der Waals surface area contributed by atoms with Crippen LogP contribution in [0.2, 0.25) is 0 Å². The zero-order valence-corrected chi connectivity index (χ0v) is 11.5. The normalized spacial score (nSPS) is 34.9. The smallest absolute Gasteiger partial charge is 0.0623 e. The second-order valence-electron chi connectivity index (χ2n) is 6.07. The Morgan fingerprint density at radius 1 is 1.29 bits per heavy atom. The number of ether oxygens (including phenoxy) is 1. The van der Waals surface area contributed by atoms with E-state index in [1.54, 1.807) is 7.11 Å². The van der Waals surface area contributed by atoms with Crippen molar-refractivity contribution in [1.82, 2.24) is 9.80 Å². The van der Waals surface area contributed by atoms with Crippen molar-refractivity contribution >= 4 is 0 Å². The number of methoxy groups -OCH3 is 1. The maximum Gasteiger partial charge on any atom is 0.0623 e. The van der Waals surface area contributed by atoms with E-state index in [2.05, 4.69) is 23.6 Å². The zero-order valence-electron chi connectivity index (χ0n) is 11.5. The fourth-order valence-electron chi connectivity index (χ4n) is 2.87. The van der Waals surface area contributed by atoms with Gasteiger partial charge in [0.2, 0.25) is 0 Å². The molecule has 0 aromatic carbocycles. The van der Waals surface area contributed by atoms with E-state index in [0.717, 1.165) is 19.4 Å². The van der Waals surface area contributed by atoms with Crippen molar-refractivity contribution in [3.8, 4) is 0 Å². The van der Waals surface area contributed by atoms with Gasteiger partial charge in [-0.2, -0.15) is 0 Å². The highest BCUT2D eigenvalue weighted by atomic mass is 16.5. The highest BCUT2D eigenvalue weighted by Crippen LogP contribution is 2.22. The van der Waals surface area contributed by atoms with Gasteiger partial charge in [-0.25, -0.2) is 0 Å². The second kappa shape index (κ2) is 5.22. The first-order valence-corrected chi connectivity index (χ1v) is 6.79. The molecule has 0 aromatic rings. The standard InChI is InChI=1S/C13H27N3O/c1-13(2,17-3)5-4-11(14)12-10-15-6-8-16(12)9-7-15/h11-12H,4-10,14H2,1-3H3. The van der Waals surface area contributed by atoms with Crippen LogP contribution in [0, 0.1) is 0 Å². The molecule has 3 saturated heterocycles. The van der Waals surface area contributed by atoms with Crippen LogP contribution in [-0.4, -0.2) is 67.3 Å². The van der Waals surface area contributed by atoms with Gasteiger partial charge in [-0.15, -0.1) is 0 Å². The number of fused-ring (bicyclic) bond motifs is 3. The van der Waals surface area contributed by atoms with Crippen LogP contribution >= 0.6 is 0 Å². The molecule has 3 aliphatic rings. The molecule has 0 aliphatic carbocycles. The fraction of sp³-hybridized carbons (Fsp3) is 1.00. The van der Waals surface area contributed by atoms with Gasteiger partial charge < -0.3 is 10.5 Å². The van der Waals surface area contributed by atoms with E-state index in [0.29, 0.717) is 6.04 Å². The lowest BCUT2D eigenvalue weighted by molar-refractivity contribution is -0.0120. The topological polar surface area (TPSA) is 41.7 Å². The van der Waals surface area contributed by atoms with E-state index >= 15 is 0 Å². The third-order valence-corrected chi connectivity index (χ3v) is 4.45. The summed E-state index contributed by atoms with van der Waals surface area (Å²) in [7, 11) is 1.78. The SMILES string of the molecule is COC(C)(C)CCC(N)C1CN2CCN1CC2. The number of rotatable bonds is 5. The molecule has 2 N–H and O–H groups in total. The molecule has 3 aliphatic heterocycles. The van der Waals surface area contributed by atoms with E-state index in [1.807, 2.05) is 0 Å². The first-order chi connectivity index (χ1) is 8.02. The second-order valence-corrected chi connectivity index (χ2v) is 6.07. The number of hydrogen-bond donors (Lipinski definition) is 1. The molecular formula is C13H27N3O. The number of piperazine rings is 3. The number of hydrogen-bond acceptors (Lipinski definition) is 4. The summed E-state index contributed by atoms with van der Waals surface area (Å²) in [5.74, 6) is 0. The Morgan fingerprint density at radius 2 is 1.94 bits per heavy atom. The molecule has 4 heteroatoms. The van der Waals surface area contributed by atoms with Crippen LogP contribution in [0.5, 0.6) is 0 Å². The summed E-state index contributed by atoms with van der Waals surface area (Å²) in [5.41, 5.74) is 6.33. The van der Waals surface area contributed by atoms with Crippen LogP contribution in [0.4, 0.5) is 0 Å². The lowest BCUT2D eigenvalue weighted by atomic mass is 9.92. The van der Waals surface area contributed by atoms with Gasteiger partial charge in [-0.05, 0) is 26.7 Å². The van der Waals surface area contributed by atoms with E-state index < -0.39 is 0 Å². The van der Waals surface area contributed by atoms with E-state index in [-0.39, 0.29) is 11.6 Å². The Labute approximate surface area is 105 Å². The summed E-state index contributed by atoms with van der Waals surface area (Å²) in [5, 5.41) is 0. The largest absolute Gasteiger partial charge is 0.379 e. The van der Waals surface area contributed by atoms with Crippen molar-refractivity contribution in [1.29, 1.82) is 0 Å². The van der Waals surface area contributed by atoms with Gasteiger partial charge in [0, 0.05) is 51.9 Å². The predicted molar refractivity (Wildman–Crippen MR) is 70.1 cm³/mol. The van der Waals surface area contributed by atoms with Gasteiger partial charge in [0.15, 0.2) is 0 Å². The predicted octanol–water partition coefficient (Wildman–Crippen LogP) is 0.519. The molecule has 0 spiro atoms. The van der Waals surface area contributed by atoms with Crippen LogP contribution in [0.3, 0.4) is 0 Å². The van der Waals surface area contributed by atoms with Crippen molar-refractivity contribution < 1.29 is 4.74 Å². The molecule has 0 radical (unpaired) electrons. The average molecular weight is 241 g/mol. The zero-order chi connectivity index (χ0) is 12.5. The molecule has 17 heavy (non-hydrogen) atoms. The Hall–Kier alpha value is -0.160. The molecule has 0 aromatic heterocycles. The Kier molecular flexibility index (Phi) is 4.08. The monoisotopic (exact) mass is 241 g/mol. The molecule has 3 fully saturated rings. The Morgan fingerprint density at radius 3 is 2.41 bits per heavy atom. The molecule has 100 valence electrons. The van der Waals surface area contributed by atoms with Gasteiger partial charge in [0.05, 0.1) is 5.60 Å². The minimum Gasteiger partial charge on any atom is -0.379 e. The highest BCUT2D eigenvalue weighted by molar-refractivity contribution is 4.94. The first kappa shape index (κ1) is 13.3.